The minimum Gasteiger partial charge on any atom is -0.493 e. The molecule has 1 aromatic rings. The van der Waals surface area contributed by atoms with Gasteiger partial charge in [0, 0.05) is 24.1 Å². The van der Waals surface area contributed by atoms with Gasteiger partial charge in [0.25, 0.3) is 0 Å². The zero-order valence-electron chi connectivity index (χ0n) is 18.0. The van der Waals surface area contributed by atoms with E-state index in [-0.39, 0.29) is 24.7 Å². The van der Waals surface area contributed by atoms with Gasteiger partial charge in [-0.1, -0.05) is 12.1 Å². The summed E-state index contributed by atoms with van der Waals surface area (Å²) in [7, 11) is 1.62. The van der Waals surface area contributed by atoms with E-state index in [2.05, 4.69) is 12.1 Å². The number of ether oxygens (including phenoxy) is 5. The standard InChI is InChI=1S/C23H27NO7/c1-4-28-21(25)24-11-10-23-14-7-9-17(30-22(26)29-5-2)20(23)31-19-16(27-3)8-6-13(18(19)23)12-15(14)24/h6-9,14-15,17,20H,4-5,10-12H2,1-3H3/t14-,15+,17+,20+,23-/m0/s1. The Hall–Kier alpha value is -2.90. The van der Waals surface area contributed by atoms with Gasteiger partial charge in [-0.3, -0.25) is 0 Å². The predicted molar refractivity (Wildman–Crippen MR) is 109 cm³/mol. The van der Waals surface area contributed by atoms with Gasteiger partial charge in [-0.15, -0.1) is 0 Å². The molecule has 2 aliphatic heterocycles. The molecule has 31 heavy (non-hydrogen) atoms. The predicted octanol–water partition coefficient (Wildman–Crippen LogP) is 3.21. The molecule has 0 radical (unpaired) electrons. The van der Waals surface area contributed by atoms with Gasteiger partial charge in [-0.25, -0.2) is 9.59 Å². The molecule has 1 amide bonds. The maximum Gasteiger partial charge on any atom is 0.508 e. The van der Waals surface area contributed by atoms with Gasteiger partial charge in [-0.05, 0) is 44.4 Å². The van der Waals surface area contributed by atoms with Crippen LogP contribution in [-0.2, 0) is 26.0 Å². The summed E-state index contributed by atoms with van der Waals surface area (Å²) in [5.41, 5.74) is 1.86. The van der Waals surface area contributed by atoms with Crippen LogP contribution < -0.4 is 9.47 Å². The van der Waals surface area contributed by atoms with E-state index in [1.807, 2.05) is 24.0 Å². The molecule has 0 unspecified atom stereocenters. The van der Waals surface area contributed by atoms with E-state index in [1.54, 1.807) is 14.0 Å². The summed E-state index contributed by atoms with van der Waals surface area (Å²) < 4.78 is 28.1. The first-order chi connectivity index (χ1) is 15.0. The Morgan fingerprint density at radius 3 is 2.74 bits per heavy atom. The van der Waals surface area contributed by atoms with E-state index in [0.717, 1.165) is 16.9 Å². The molecule has 1 fully saturated rings. The Labute approximate surface area is 181 Å². The van der Waals surface area contributed by atoms with Crippen LogP contribution in [0.1, 0.15) is 31.4 Å². The third kappa shape index (κ3) is 2.73. The topological polar surface area (TPSA) is 83.5 Å². The molecule has 8 nitrogen and oxygen atoms in total. The number of methoxy groups -OCH3 is 1. The summed E-state index contributed by atoms with van der Waals surface area (Å²) >= 11 is 0. The van der Waals surface area contributed by atoms with E-state index in [4.69, 9.17) is 23.7 Å². The number of rotatable bonds is 4. The van der Waals surface area contributed by atoms with Gasteiger partial charge >= 0.3 is 12.2 Å². The van der Waals surface area contributed by atoms with E-state index < -0.39 is 23.8 Å². The summed E-state index contributed by atoms with van der Waals surface area (Å²) in [5.74, 6) is 1.42. The number of amides is 1. The number of carbonyl (C=O) groups is 2. The molecule has 1 aromatic carbocycles. The second kappa shape index (κ2) is 7.35. The number of nitrogens with zero attached hydrogens (tertiary/aromatic N) is 1. The van der Waals surface area contributed by atoms with Crippen LogP contribution in [0, 0.1) is 5.92 Å². The number of benzene rings is 1. The summed E-state index contributed by atoms with van der Waals surface area (Å²) in [6, 6.07) is 3.91. The Morgan fingerprint density at radius 1 is 1.19 bits per heavy atom. The molecule has 166 valence electrons. The van der Waals surface area contributed by atoms with Crippen molar-refractivity contribution in [3.05, 3.63) is 35.4 Å². The molecular weight excluding hydrogens is 402 g/mol. The average Bonchev–Trinajstić information content (AvgIpc) is 3.09. The van der Waals surface area contributed by atoms with Crippen molar-refractivity contribution >= 4 is 12.2 Å². The van der Waals surface area contributed by atoms with Gasteiger partial charge in [0.2, 0.25) is 0 Å². The molecule has 0 N–H and O–H groups in total. The summed E-state index contributed by atoms with van der Waals surface area (Å²) in [6.07, 6.45) is 3.34. The van der Waals surface area contributed by atoms with Crippen LogP contribution in [0.2, 0.25) is 0 Å². The van der Waals surface area contributed by atoms with E-state index >= 15 is 0 Å². The number of carbonyl (C=O) groups excluding carboxylic acids is 2. The molecular formula is C23H27NO7. The van der Waals surface area contributed by atoms with Gasteiger partial charge < -0.3 is 28.6 Å². The molecule has 1 saturated heterocycles. The lowest BCUT2D eigenvalue weighted by Gasteiger charge is -2.56. The van der Waals surface area contributed by atoms with Gasteiger partial charge in [-0.2, -0.15) is 0 Å². The lowest BCUT2D eigenvalue weighted by molar-refractivity contribution is -0.0640. The average molecular weight is 429 g/mol. The highest BCUT2D eigenvalue weighted by Crippen LogP contribution is 2.62. The number of hydrogen-bond acceptors (Lipinski definition) is 7. The van der Waals surface area contributed by atoms with Crippen molar-refractivity contribution < 1.29 is 33.3 Å². The highest BCUT2D eigenvalue weighted by Gasteiger charge is 2.66. The van der Waals surface area contributed by atoms with Crippen LogP contribution in [-0.4, -0.2) is 62.3 Å². The summed E-state index contributed by atoms with van der Waals surface area (Å²) in [6.45, 7) is 4.69. The van der Waals surface area contributed by atoms with Crippen molar-refractivity contribution in [2.45, 2.75) is 50.4 Å². The normalized spacial score (nSPS) is 31.4. The molecule has 8 heteroatoms. The minimum absolute atomic E-state index is 0.0264. The quantitative estimate of drug-likeness (QED) is 0.537. The first kappa shape index (κ1) is 20.0. The van der Waals surface area contributed by atoms with Crippen LogP contribution in [0.3, 0.4) is 0 Å². The van der Waals surface area contributed by atoms with E-state index in [0.29, 0.717) is 31.7 Å². The van der Waals surface area contributed by atoms with Crippen molar-refractivity contribution in [3.8, 4) is 11.5 Å². The number of likely N-dealkylation sites (tertiary alicyclic amines) is 1. The molecule has 2 heterocycles. The Balaban J connectivity index is 1.61. The first-order valence-electron chi connectivity index (χ1n) is 10.9. The summed E-state index contributed by atoms with van der Waals surface area (Å²) in [4.78, 5) is 26.7. The second-order valence-corrected chi connectivity index (χ2v) is 8.30. The molecule has 0 aromatic heterocycles. The first-order valence-corrected chi connectivity index (χ1v) is 10.9. The largest absolute Gasteiger partial charge is 0.508 e. The molecule has 2 bridgehead atoms. The SMILES string of the molecule is CCOC(=O)O[C@@H]1C=C[C@H]2[C@H]3Cc4ccc(OC)c5c4[C@@]2(CCN3C(=O)OCC)[C@@H]1O5. The van der Waals surface area contributed by atoms with E-state index in [1.165, 1.54) is 0 Å². The second-order valence-electron chi connectivity index (χ2n) is 8.30. The van der Waals surface area contributed by atoms with Crippen molar-refractivity contribution in [2.75, 3.05) is 26.9 Å². The van der Waals surface area contributed by atoms with E-state index in [9.17, 15) is 9.59 Å². The molecule has 5 atom stereocenters. The third-order valence-corrected chi connectivity index (χ3v) is 7.05. The van der Waals surface area contributed by atoms with Crippen LogP contribution in [0.4, 0.5) is 9.59 Å². The monoisotopic (exact) mass is 429 g/mol. The van der Waals surface area contributed by atoms with Crippen molar-refractivity contribution in [1.82, 2.24) is 4.90 Å². The van der Waals surface area contributed by atoms with Crippen LogP contribution in [0.25, 0.3) is 0 Å². The van der Waals surface area contributed by atoms with Crippen LogP contribution in [0.5, 0.6) is 11.5 Å². The Bertz CT molecular complexity index is 944. The fourth-order valence-electron chi connectivity index (χ4n) is 5.99. The molecule has 2 aliphatic carbocycles. The minimum atomic E-state index is -0.713. The van der Waals surface area contributed by atoms with Crippen molar-refractivity contribution in [3.63, 3.8) is 0 Å². The lowest BCUT2D eigenvalue weighted by Crippen LogP contribution is -2.66. The fraction of sp³-hybridized carbons (Fsp3) is 0.565. The molecule has 4 aliphatic rings. The van der Waals surface area contributed by atoms with Gasteiger partial charge in [0.15, 0.2) is 17.6 Å². The zero-order valence-corrected chi connectivity index (χ0v) is 18.0. The van der Waals surface area contributed by atoms with Gasteiger partial charge in [0.05, 0.1) is 25.7 Å². The fourth-order valence-corrected chi connectivity index (χ4v) is 5.99. The van der Waals surface area contributed by atoms with Crippen LogP contribution in [0.15, 0.2) is 24.3 Å². The summed E-state index contributed by atoms with van der Waals surface area (Å²) in [5, 5.41) is 0. The Morgan fingerprint density at radius 2 is 2.00 bits per heavy atom. The number of piperidine rings is 1. The molecule has 0 saturated carbocycles. The molecule has 5 rings (SSSR count). The maximum absolute atomic E-state index is 12.7. The lowest BCUT2D eigenvalue weighted by atomic mass is 9.53. The highest BCUT2D eigenvalue weighted by atomic mass is 16.7. The smallest absolute Gasteiger partial charge is 0.493 e. The third-order valence-electron chi connectivity index (χ3n) is 7.05. The maximum atomic E-state index is 12.7. The zero-order chi connectivity index (χ0) is 21.8. The van der Waals surface area contributed by atoms with Crippen LogP contribution >= 0.6 is 0 Å². The van der Waals surface area contributed by atoms with Gasteiger partial charge in [0.1, 0.15) is 6.10 Å². The van der Waals surface area contributed by atoms with Crippen molar-refractivity contribution in [2.24, 2.45) is 5.92 Å². The highest BCUT2D eigenvalue weighted by molar-refractivity contribution is 5.70. The number of hydrogen-bond donors (Lipinski definition) is 0. The van der Waals surface area contributed by atoms with Crippen molar-refractivity contribution in [1.29, 1.82) is 0 Å². The molecule has 1 spiro atoms. The Kier molecular flexibility index (Phi) is 4.75.